The average Bonchev–Trinajstić information content (AvgIpc) is 2.56. The second kappa shape index (κ2) is 7.78. The fraction of sp³-hybridized carbons (Fsp3) is 0.647. The van der Waals surface area contributed by atoms with Crippen molar-refractivity contribution in [3.63, 3.8) is 0 Å². The third-order valence-electron chi connectivity index (χ3n) is 4.66. The van der Waals surface area contributed by atoms with Crippen molar-refractivity contribution in [2.75, 3.05) is 44.2 Å². The molecule has 0 saturated carbocycles. The van der Waals surface area contributed by atoms with Crippen LogP contribution >= 0.6 is 0 Å². The molecule has 0 amide bonds. The number of benzene rings is 1. The highest BCUT2D eigenvalue weighted by Crippen LogP contribution is 2.17. The van der Waals surface area contributed by atoms with Crippen molar-refractivity contribution < 1.29 is 5.11 Å². The first kappa shape index (κ1) is 16.3. The summed E-state index contributed by atoms with van der Waals surface area (Å²) in [6.07, 6.45) is 2.81. The van der Waals surface area contributed by atoms with E-state index in [0.717, 1.165) is 52.0 Å². The van der Waals surface area contributed by atoms with Gasteiger partial charge in [-0.15, -0.1) is 0 Å². The molecule has 0 bridgehead atoms. The molecule has 1 heterocycles. The lowest BCUT2D eigenvalue weighted by molar-refractivity contribution is 0.170. The lowest BCUT2D eigenvalue weighted by Crippen LogP contribution is -2.47. The molecule has 0 radical (unpaired) electrons. The molecule has 1 fully saturated rings. The predicted molar refractivity (Wildman–Crippen MR) is 88.6 cm³/mol. The van der Waals surface area contributed by atoms with Crippen molar-refractivity contribution in [2.24, 2.45) is 5.73 Å². The summed E-state index contributed by atoms with van der Waals surface area (Å²) in [6.45, 7) is 7.62. The topological polar surface area (TPSA) is 52.7 Å². The zero-order valence-electron chi connectivity index (χ0n) is 13.2. The smallest absolute Gasteiger partial charge is 0.0611 e. The second-order valence-electron chi connectivity index (χ2n) is 6.14. The first-order valence-corrected chi connectivity index (χ1v) is 8.09. The summed E-state index contributed by atoms with van der Waals surface area (Å²) in [5.41, 5.74) is 7.07. The Hall–Kier alpha value is -1.10. The van der Waals surface area contributed by atoms with Crippen molar-refractivity contribution in [3.05, 3.63) is 30.3 Å². The molecule has 0 aromatic heterocycles. The lowest BCUT2D eigenvalue weighted by atomic mass is 9.92. The number of nitrogens with two attached hydrogens (primary N) is 1. The van der Waals surface area contributed by atoms with E-state index in [1.54, 1.807) is 0 Å². The molecule has 4 heteroatoms. The van der Waals surface area contributed by atoms with Gasteiger partial charge < -0.3 is 15.7 Å². The van der Waals surface area contributed by atoms with E-state index >= 15 is 0 Å². The molecule has 0 aliphatic carbocycles. The lowest BCUT2D eigenvalue weighted by Gasteiger charge is -2.36. The van der Waals surface area contributed by atoms with Crippen molar-refractivity contribution in [1.82, 2.24) is 4.90 Å². The van der Waals surface area contributed by atoms with Gasteiger partial charge in [-0.2, -0.15) is 0 Å². The van der Waals surface area contributed by atoms with Gasteiger partial charge in [0.1, 0.15) is 0 Å². The Bertz CT molecular complexity index is 398. The van der Waals surface area contributed by atoms with Crippen LogP contribution in [0.4, 0.5) is 5.69 Å². The molecule has 21 heavy (non-hydrogen) atoms. The van der Waals surface area contributed by atoms with Crippen molar-refractivity contribution in [3.8, 4) is 0 Å². The number of piperazine rings is 1. The summed E-state index contributed by atoms with van der Waals surface area (Å²) in [5, 5.41) is 9.34. The van der Waals surface area contributed by atoms with Crippen molar-refractivity contribution >= 4 is 5.69 Å². The summed E-state index contributed by atoms with van der Waals surface area (Å²) < 4.78 is 0. The van der Waals surface area contributed by atoms with Crippen LogP contribution in [-0.2, 0) is 0 Å². The third-order valence-corrected chi connectivity index (χ3v) is 4.66. The van der Waals surface area contributed by atoms with Gasteiger partial charge in [-0.1, -0.05) is 25.1 Å². The van der Waals surface area contributed by atoms with Crippen molar-refractivity contribution in [2.45, 2.75) is 31.7 Å². The minimum absolute atomic E-state index is 0.0886. The van der Waals surface area contributed by atoms with Crippen LogP contribution in [0.15, 0.2) is 30.3 Å². The van der Waals surface area contributed by atoms with E-state index in [-0.39, 0.29) is 12.1 Å². The van der Waals surface area contributed by atoms with E-state index in [1.165, 1.54) is 5.69 Å². The van der Waals surface area contributed by atoms with E-state index in [4.69, 9.17) is 5.73 Å². The van der Waals surface area contributed by atoms with Crippen LogP contribution in [0.2, 0.25) is 0 Å². The van der Waals surface area contributed by atoms with Crippen LogP contribution in [-0.4, -0.2) is 54.9 Å². The fourth-order valence-electron chi connectivity index (χ4n) is 2.89. The van der Waals surface area contributed by atoms with E-state index < -0.39 is 0 Å². The molecule has 1 unspecified atom stereocenters. The minimum atomic E-state index is -0.383. The van der Waals surface area contributed by atoms with Crippen molar-refractivity contribution in [1.29, 1.82) is 0 Å². The molecule has 0 spiro atoms. The van der Waals surface area contributed by atoms with E-state index in [1.807, 2.05) is 0 Å². The highest BCUT2D eigenvalue weighted by Gasteiger charge is 2.22. The second-order valence-corrected chi connectivity index (χ2v) is 6.14. The summed E-state index contributed by atoms with van der Waals surface area (Å²) in [7, 11) is 0. The number of aliphatic hydroxyl groups is 1. The molecule has 1 aliphatic rings. The van der Waals surface area contributed by atoms with Gasteiger partial charge in [0.2, 0.25) is 0 Å². The van der Waals surface area contributed by atoms with Crippen LogP contribution in [0.3, 0.4) is 0 Å². The minimum Gasteiger partial charge on any atom is -0.394 e. The zero-order valence-corrected chi connectivity index (χ0v) is 13.2. The number of para-hydroxylation sites is 1. The third kappa shape index (κ3) is 4.70. The maximum Gasteiger partial charge on any atom is 0.0611 e. The Kier molecular flexibility index (Phi) is 6.03. The highest BCUT2D eigenvalue weighted by atomic mass is 16.3. The standard InChI is InChI=1S/C17H29N3O/c1-2-17(18,15-21)9-6-10-19-11-13-20(14-12-19)16-7-4-3-5-8-16/h3-5,7-8,21H,2,6,9-15,18H2,1H3. The SMILES string of the molecule is CCC(N)(CO)CCCN1CCN(c2ccccc2)CC1. The maximum absolute atomic E-state index is 9.34. The van der Waals surface area contributed by atoms with E-state index in [9.17, 15) is 5.11 Å². The highest BCUT2D eigenvalue weighted by molar-refractivity contribution is 5.46. The van der Waals surface area contributed by atoms with E-state index in [2.05, 4.69) is 47.1 Å². The van der Waals surface area contributed by atoms with Crippen LogP contribution in [0.1, 0.15) is 26.2 Å². The normalized spacial score (nSPS) is 19.5. The molecule has 1 atom stereocenters. The van der Waals surface area contributed by atoms with Gasteiger partial charge in [-0.05, 0) is 37.9 Å². The molecular weight excluding hydrogens is 262 g/mol. The van der Waals surface area contributed by atoms with E-state index in [0.29, 0.717) is 0 Å². The first-order valence-electron chi connectivity index (χ1n) is 8.09. The molecule has 1 aromatic carbocycles. The summed E-state index contributed by atoms with van der Waals surface area (Å²) in [5.74, 6) is 0. The van der Waals surface area contributed by atoms with Gasteiger partial charge >= 0.3 is 0 Å². The van der Waals surface area contributed by atoms with Crippen LogP contribution in [0.5, 0.6) is 0 Å². The van der Waals surface area contributed by atoms with Gasteiger partial charge in [-0.3, -0.25) is 4.90 Å². The van der Waals surface area contributed by atoms with Crippen LogP contribution in [0, 0.1) is 0 Å². The van der Waals surface area contributed by atoms with Gasteiger partial charge in [0.15, 0.2) is 0 Å². The molecule has 1 aromatic rings. The maximum atomic E-state index is 9.34. The Balaban J connectivity index is 1.70. The van der Waals surface area contributed by atoms with Gasteiger partial charge in [-0.25, -0.2) is 0 Å². The quantitative estimate of drug-likeness (QED) is 0.803. The predicted octanol–water partition coefficient (Wildman–Crippen LogP) is 1.69. The molecule has 118 valence electrons. The Morgan fingerprint density at radius 1 is 1.14 bits per heavy atom. The Morgan fingerprint density at radius 3 is 2.38 bits per heavy atom. The molecule has 1 saturated heterocycles. The van der Waals surface area contributed by atoms with Gasteiger partial charge in [0.25, 0.3) is 0 Å². The summed E-state index contributed by atoms with van der Waals surface area (Å²) >= 11 is 0. The number of nitrogens with zero attached hydrogens (tertiary/aromatic N) is 2. The largest absolute Gasteiger partial charge is 0.394 e. The summed E-state index contributed by atoms with van der Waals surface area (Å²) in [6, 6.07) is 10.6. The molecule has 2 rings (SSSR count). The number of hydrogen-bond donors (Lipinski definition) is 2. The van der Waals surface area contributed by atoms with Gasteiger partial charge in [0.05, 0.1) is 6.61 Å². The van der Waals surface area contributed by atoms with Gasteiger partial charge in [0, 0.05) is 37.4 Å². The fourth-order valence-corrected chi connectivity index (χ4v) is 2.89. The molecule has 4 nitrogen and oxygen atoms in total. The first-order chi connectivity index (χ1) is 10.2. The Morgan fingerprint density at radius 2 is 1.81 bits per heavy atom. The number of anilines is 1. The zero-order chi connectivity index (χ0) is 15.1. The number of aliphatic hydroxyl groups excluding tert-OH is 1. The van der Waals surface area contributed by atoms with Crippen LogP contribution in [0.25, 0.3) is 0 Å². The summed E-state index contributed by atoms with van der Waals surface area (Å²) in [4.78, 5) is 4.95. The molecule has 1 aliphatic heterocycles. The number of hydrogen-bond acceptors (Lipinski definition) is 4. The molecule has 3 N–H and O–H groups in total. The average molecular weight is 291 g/mol. The molecular formula is C17H29N3O. The number of rotatable bonds is 7. The monoisotopic (exact) mass is 291 g/mol. The van der Waals surface area contributed by atoms with Crippen LogP contribution < -0.4 is 10.6 Å². The Labute approximate surface area is 128 Å².